The molecule has 0 N–H and O–H groups in total. The minimum atomic E-state index is -0.124. The number of ketones is 1. The Balaban J connectivity index is 1.16. The molecule has 4 aliphatic heterocycles. The Kier molecular flexibility index (Phi) is 10.3. The molecule has 2 unspecified atom stereocenters. The molecule has 2 atom stereocenters. The number of carbonyl (C=O) groups is 1. The summed E-state index contributed by atoms with van der Waals surface area (Å²) in [5.41, 5.74) is -0.248. The van der Waals surface area contributed by atoms with Crippen molar-refractivity contribution in [2.24, 2.45) is 11.8 Å². The van der Waals surface area contributed by atoms with Crippen molar-refractivity contribution in [3.05, 3.63) is 22.0 Å². The van der Waals surface area contributed by atoms with Crippen LogP contribution in [0, 0.1) is 11.8 Å². The van der Waals surface area contributed by atoms with Crippen LogP contribution in [0.5, 0.6) is 0 Å². The van der Waals surface area contributed by atoms with E-state index in [2.05, 4.69) is 49.6 Å². The third-order valence-corrected chi connectivity index (χ3v) is 12.1. The molecular formula is C29H40N2OS6. The highest BCUT2D eigenvalue weighted by atomic mass is 32.2. The monoisotopic (exact) mass is 624 g/mol. The summed E-state index contributed by atoms with van der Waals surface area (Å²) >= 11 is 27.0. The van der Waals surface area contributed by atoms with Crippen molar-refractivity contribution >= 4 is 98.1 Å². The highest BCUT2D eigenvalue weighted by Gasteiger charge is 2.41. The number of nitrogens with zero attached hydrogens (tertiary/aromatic N) is 2. The summed E-state index contributed by atoms with van der Waals surface area (Å²) < 4.78 is 0. The smallest absolute Gasteiger partial charge is 0.132 e. The molecule has 38 heavy (non-hydrogen) atoms. The molecule has 3 nitrogen and oxygen atoms in total. The fourth-order valence-electron chi connectivity index (χ4n) is 6.05. The summed E-state index contributed by atoms with van der Waals surface area (Å²) in [7, 11) is 0. The molecule has 2 fully saturated rings. The van der Waals surface area contributed by atoms with Gasteiger partial charge in [0.2, 0.25) is 0 Å². The molecule has 4 heterocycles. The van der Waals surface area contributed by atoms with Gasteiger partial charge < -0.3 is 9.80 Å². The summed E-state index contributed by atoms with van der Waals surface area (Å²) in [5.74, 6) is 3.36. The van der Waals surface area contributed by atoms with Gasteiger partial charge in [-0.15, -0.1) is 23.5 Å². The summed E-state index contributed by atoms with van der Waals surface area (Å²) in [6.45, 7) is 8.94. The topological polar surface area (TPSA) is 23.6 Å². The highest BCUT2D eigenvalue weighted by Crippen LogP contribution is 2.44. The molecule has 0 spiro atoms. The Hall–Kier alpha value is -0.190. The van der Waals surface area contributed by atoms with Crippen LogP contribution < -0.4 is 0 Å². The van der Waals surface area contributed by atoms with Gasteiger partial charge in [-0.1, -0.05) is 61.7 Å². The molecule has 208 valence electrons. The Labute approximate surface area is 259 Å². The van der Waals surface area contributed by atoms with E-state index in [9.17, 15) is 4.79 Å². The van der Waals surface area contributed by atoms with Crippen molar-refractivity contribution < 1.29 is 4.79 Å². The first kappa shape index (κ1) is 30.8. The number of thioether (sulfide) groups is 2. The zero-order chi connectivity index (χ0) is 27.7. The van der Waals surface area contributed by atoms with Gasteiger partial charge in [-0.05, 0) is 99.7 Å². The van der Waals surface area contributed by atoms with E-state index in [0.717, 1.165) is 82.8 Å². The van der Waals surface area contributed by atoms with Crippen molar-refractivity contribution in [1.29, 1.82) is 0 Å². The summed E-state index contributed by atoms with van der Waals surface area (Å²) in [4.78, 5) is 23.4. The van der Waals surface area contributed by atoms with Crippen molar-refractivity contribution in [3.8, 4) is 0 Å². The normalized spacial score (nSPS) is 24.0. The predicted octanol–water partition coefficient (Wildman–Crippen LogP) is 8.45. The number of unbranched alkanes of at least 4 members (excludes halogenated alkanes) is 2. The van der Waals surface area contributed by atoms with Crippen molar-refractivity contribution in [2.45, 2.75) is 103 Å². The van der Waals surface area contributed by atoms with Crippen molar-refractivity contribution in [2.75, 3.05) is 11.5 Å². The molecule has 0 aliphatic carbocycles. The van der Waals surface area contributed by atoms with Gasteiger partial charge in [0.15, 0.2) is 0 Å². The standard InChI is InChI=1S/C29H40N2OS6/c1-28(2,30-24(33)17-22-20(26(30)35)11-15-37-22)13-7-5-9-19(32)10-6-8-14-29(3,4)31-25(34)18-23-21(27(31)36)12-16-38-23/h17-18,20-21H,5-16H2,1-4H3. The zero-order valence-corrected chi connectivity index (χ0v) is 27.9. The SMILES string of the molecule is CC(C)(CCCCC(=O)CCCCC(C)(C)N1C(=S)C=C2SCCC2C1=S)N1C(=S)C=C2SCCC2C1=S. The van der Waals surface area contributed by atoms with Crippen LogP contribution >= 0.6 is 72.4 Å². The van der Waals surface area contributed by atoms with Gasteiger partial charge in [0.25, 0.3) is 0 Å². The summed E-state index contributed by atoms with van der Waals surface area (Å²) in [6, 6.07) is 0. The van der Waals surface area contributed by atoms with Crippen molar-refractivity contribution in [3.63, 3.8) is 0 Å². The number of hydrogen-bond acceptors (Lipinski definition) is 7. The largest absolute Gasteiger partial charge is 0.321 e. The molecule has 0 saturated carbocycles. The third kappa shape index (κ3) is 6.81. The summed E-state index contributed by atoms with van der Waals surface area (Å²) in [6.07, 6.45) is 13.7. The molecule has 2 saturated heterocycles. The lowest BCUT2D eigenvalue weighted by Crippen LogP contribution is -2.53. The van der Waals surface area contributed by atoms with Gasteiger partial charge in [-0.3, -0.25) is 4.79 Å². The molecule has 4 rings (SSSR count). The fourth-order valence-corrected chi connectivity index (χ4v) is 11.0. The van der Waals surface area contributed by atoms with E-state index < -0.39 is 0 Å². The van der Waals surface area contributed by atoms with E-state index >= 15 is 0 Å². The molecule has 4 aliphatic rings. The van der Waals surface area contributed by atoms with E-state index in [4.69, 9.17) is 48.9 Å². The number of hydrogen-bond donors (Lipinski definition) is 0. The maximum Gasteiger partial charge on any atom is 0.132 e. The van der Waals surface area contributed by atoms with Gasteiger partial charge >= 0.3 is 0 Å². The van der Waals surface area contributed by atoms with Gasteiger partial charge in [-0.2, -0.15) is 0 Å². The summed E-state index contributed by atoms with van der Waals surface area (Å²) in [5, 5.41) is 0. The van der Waals surface area contributed by atoms with Crippen LogP contribution in [0.4, 0.5) is 0 Å². The predicted molar refractivity (Wildman–Crippen MR) is 181 cm³/mol. The highest BCUT2D eigenvalue weighted by molar-refractivity contribution is 8.03. The molecule has 0 aromatic rings. The molecular weight excluding hydrogens is 585 g/mol. The second-order valence-electron chi connectivity index (χ2n) is 12.1. The lowest BCUT2D eigenvalue weighted by atomic mass is 9.89. The van der Waals surface area contributed by atoms with E-state index in [1.54, 1.807) is 0 Å². The van der Waals surface area contributed by atoms with Crippen LogP contribution in [0.25, 0.3) is 0 Å². The molecule has 0 radical (unpaired) electrons. The Morgan fingerprint density at radius 3 is 1.55 bits per heavy atom. The Morgan fingerprint density at radius 2 is 1.16 bits per heavy atom. The van der Waals surface area contributed by atoms with Gasteiger partial charge in [-0.25, -0.2) is 0 Å². The van der Waals surface area contributed by atoms with Crippen LogP contribution in [-0.4, -0.2) is 58.1 Å². The lowest BCUT2D eigenvalue weighted by molar-refractivity contribution is -0.119. The van der Waals surface area contributed by atoms with E-state index in [-0.39, 0.29) is 11.1 Å². The molecule has 0 bridgehead atoms. The molecule has 0 aromatic heterocycles. The zero-order valence-electron chi connectivity index (χ0n) is 23.0. The first-order chi connectivity index (χ1) is 17.9. The molecule has 0 aromatic carbocycles. The number of fused-ring (bicyclic) bond motifs is 2. The van der Waals surface area contributed by atoms with Crippen LogP contribution in [0.3, 0.4) is 0 Å². The minimum Gasteiger partial charge on any atom is -0.321 e. The van der Waals surface area contributed by atoms with Crippen molar-refractivity contribution in [1.82, 2.24) is 9.80 Å². The minimum absolute atomic E-state index is 0.124. The average molecular weight is 625 g/mol. The van der Waals surface area contributed by atoms with Crippen LogP contribution in [-0.2, 0) is 4.79 Å². The van der Waals surface area contributed by atoms with E-state index in [1.165, 1.54) is 9.81 Å². The maximum absolute atomic E-state index is 12.6. The number of Topliss-reactive ketones (excluding diaryl/α,β-unsaturated/α-hetero) is 1. The Bertz CT molecular complexity index is 993. The van der Waals surface area contributed by atoms with Gasteiger partial charge in [0.1, 0.15) is 15.8 Å². The number of carbonyl (C=O) groups excluding carboxylic acids is 1. The first-order valence-electron chi connectivity index (χ1n) is 13.9. The van der Waals surface area contributed by atoms with Gasteiger partial charge in [0, 0.05) is 35.8 Å². The maximum atomic E-state index is 12.6. The second kappa shape index (κ2) is 12.8. The third-order valence-electron chi connectivity index (χ3n) is 8.25. The van der Waals surface area contributed by atoms with Crippen LogP contribution in [0.2, 0.25) is 0 Å². The second-order valence-corrected chi connectivity index (χ2v) is 16.1. The van der Waals surface area contributed by atoms with Gasteiger partial charge in [0.05, 0.1) is 9.98 Å². The van der Waals surface area contributed by atoms with E-state index in [0.29, 0.717) is 30.5 Å². The molecule has 9 heteroatoms. The van der Waals surface area contributed by atoms with E-state index in [1.807, 2.05) is 23.5 Å². The Morgan fingerprint density at radius 1 is 0.763 bits per heavy atom. The first-order valence-corrected chi connectivity index (χ1v) is 17.5. The lowest BCUT2D eigenvalue weighted by Gasteiger charge is -2.44. The number of rotatable bonds is 12. The number of thiocarbonyl (C=S) groups is 4. The quantitative estimate of drug-likeness (QED) is 0.156. The van der Waals surface area contributed by atoms with Crippen LogP contribution in [0.1, 0.15) is 91.9 Å². The van der Waals surface area contributed by atoms with Crippen LogP contribution in [0.15, 0.2) is 22.0 Å². The molecule has 0 amide bonds. The fraction of sp³-hybridized carbons (Fsp3) is 0.690. The average Bonchev–Trinajstić information content (AvgIpc) is 3.49.